The van der Waals surface area contributed by atoms with Gasteiger partial charge in [0.1, 0.15) is 12.4 Å². The zero-order valence-corrected chi connectivity index (χ0v) is 11.1. The first-order valence-electron chi connectivity index (χ1n) is 5.08. The SMILES string of the molecule is COC(=O)CN(C)S(=O)(=O)c1ccc(C)c(F)c1. The molecule has 0 saturated carbocycles. The molecular weight excluding hydrogens is 261 g/mol. The van der Waals surface area contributed by atoms with Crippen LogP contribution in [0.2, 0.25) is 0 Å². The van der Waals surface area contributed by atoms with Gasteiger partial charge in [-0.05, 0) is 24.6 Å². The van der Waals surface area contributed by atoms with E-state index in [1.54, 1.807) is 0 Å². The highest BCUT2D eigenvalue weighted by molar-refractivity contribution is 7.89. The molecule has 0 heterocycles. The molecule has 0 atom stereocenters. The fourth-order valence-electron chi connectivity index (χ4n) is 1.25. The Kier molecular flexibility index (Phi) is 4.42. The molecule has 7 heteroatoms. The van der Waals surface area contributed by atoms with E-state index in [9.17, 15) is 17.6 Å². The summed E-state index contributed by atoms with van der Waals surface area (Å²) in [4.78, 5) is 10.8. The Morgan fingerprint density at radius 3 is 2.56 bits per heavy atom. The Balaban J connectivity index is 3.05. The number of carbonyl (C=O) groups excluding carboxylic acids is 1. The van der Waals surface area contributed by atoms with Crippen LogP contribution in [0.3, 0.4) is 0 Å². The van der Waals surface area contributed by atoms with Gasteiger partial charge in [0, 0.05) is 7.05 Å². The molecule has 0 aliphatic carbocycles. The van der Waals surface area contributed by atoms with Crippen LogP contribution in [-0.2, 0) is 19.6 Å². The van der Waals surface area contributed by atoms with Crippen molar-refractivity contribution in [2.45, 2.75) is 11.8 Å². The Bertz CT molecular complexity index is 556. The van der Waals surface area contributed by atoms with Gasteiger partial charge < -0.3 is 4.74 Å². The van der Waals surface area contributed by atoms with Crippen LogP contribution in [0.1, 0.15) is 5.56 Å². The number of nitrogens with zero attached hydrogens (tertiary/aromatic N) is 1. The van der Waals surface area contributed by atoms with Crippen molar-refractivity contribution in [3.05, 3.63) is 29.6 Å². The summed E-state index contributed by atoms with van der Waals surface area (Å²) in [6.45, 7) is 1.11. The lowest BCUT2D eigenvalue weighted by molar-refractivity contribution is -0.140. The van der Waals surface area contributed by atoms with Gasteiger partial charge in [-0.3, -0.25) is 4.79 Å². The fraction of sp³-hybridized carbons (Fsp3) is 0.364. The third-order valence-electron chi connectivity index (χ3n) is 2.43. The quantitative estimate of drug-likeness (QED) is 0.767. The largest absolute Gasteiger partial charge is 0.468 e. The first-order valence-corrected chi connectivity index (χ1v) is 6.52. The van der Waals surface area contributed by atoms with Crippen molar-refractivity contribution < 1.29 is 22.3 Å². The molecule has 0 aromatic heterocycles. The number of rotatable bonds is 4. The van der Waals surface area contributed by atoms with Crippen molar-refractivity contribution in [1.82, 2.24) is 4.31 Å². The molecule has 0 spiro atoms. The lowest BCUT2D eigenvalue weighted by Crippen LogP contribution is -2.32. The maximum Gasteiger partial charge on any atom is 0.321 e. The maximum atomic E-state index is 13.3. The molecule has 0 aliphatic rings. The molecule has 0 N–H and O–H groups in total. The topological polar surface area (TPSA) is 63.7 Å². The third-order valence-corrected chi connectivity index (χ3v) is 4.23. The van der Waals surface area contributed by atoms with E-state index >= 15 is 0 Å². The van der Waals surface area contributed by atoms with E-state index in [0.29, 0.717) is 5.56 Å². The molecule has 0 saturated heterocycles. The lowest BCUT2D eigenvalue weighted by atomic mass is 10.2. The van der Waals surface area contributed by atoms with Crippen LogP contribution in [0.4, 0.5) is 4.39 Å². The minimum absolute atomic E-state index is 0.197. The predicted molar refractivity (Wildman–Crippen MR) is 63.0 cm³/mol. The van der Waals surface area contributed by atoms with Crippen molar-refractivity contribution in [3.8, 4) is 0 Å². The van der Waals surface area contributed by atoms with Gasteiger partial charge in [0.2, 0.25) is 10.0 Å². The minimum Gasteiger partial charge on any atom is -0.468 e. The van der Waals surface area contributed by atoms with E-state index in [4.69, 9.17) is 0 Å². The molecule has 0 bridgehead atoms. The predicted octanol–water partition coefficient (Wildman–Crippen LogP) is 0.928. The third kappa shape index (κ3) is 3.05. The van der Waals surface area contributed by atoms with Gasteiger partial charge in [0.05, 0.1) is 12.0 Å². The standard InChI is InChI=1S/C11H14FNO4S/c1-8-4-5-9(6-10(8)12)18(15,16)13(2)7-11(14)17-3/h4-6H,7H2,1-3H3. The Hall–Kier alpha value is -1.47. The summed E-state index contributed by atoms with van der Waals surface area (Å²) in [5, 5.41) is 0. The van der Waals surface area contributed by atoms with Gasteiger partial charge >= 0.3 is 5.97 Å². The lowest BCUT2D eigenvalue weighted by Gasteiger charge is -2.16. The monoisotopic (exact) mass is 275 g/mol. The molecule has 0 unspecified atom stereocenters. The van der Waals surface area contributed by atoms with Crippen molar-refractivity contribution in [2.24, 2.45) is 0 Å². The number of esters is 1. The second-order valence-electron chi connectivity index (χ2n) is 3.75. The number of likely N-dealkylation sites (N-methyl/N-ethyl adjacent to an activating group) is 1. The molecule has 0 fully saturated rings. The summed E-state index contributed by atoms with van der Waals surface area (Å²) in [7, 11) is -1.50. The highest BCUT2D eigenvalue weighted by atomic mass is 32.2. The van der Waals surface area contributed by atoms with Crippen molar-refractivity contribution in [3.63, 3.8) is 0 Å². The normalized spacial score (nSPS) is 11.6. The van der Waals surface area contributed by atoms with Crippen LogP contribution in [0, 0.1) is 12.7 Å². The second kappa shape index (κ2) is 5.45. The van der Waals surface area contributed by atoms with Gasteiger partial charge in [-0.25, -0.2) is 12.8 Å². The average molecular weight is 275 g/mol. The smallest absolute Gasteiger partial charge is 0.321 e. The summed E-state index contributed by atoms with van der Waals surface area (Å²) < 4.78 is 42.5. The minimum atomic E-state index is -3.89. The van der Waals surface area contributed by atoms with E-state index in [-0.39, 0.29) is 4.90 Å². The van der Waals surface area contributed by atoms with E-state index in [2.05, 4.69) is 4.74 Å². The maximum absolute atomic E-state index is 13.3. The van der Waals surface area contributed by atoms with E-state index < -0.39 is 28.4 Å². The molecule has 18 heavy (non-hydrogen) atoms. The number of ether oxygens (including phenoxy) is 1. The van der Waals surface area contributed by atoms with Crippen molar-refractivity contribution >= 4 is 16.0 Å². The summed E-state index contributed by atoms with van der Waals surface area (Å²) in [5.41, 5.74) is 0.351. The van der Waals surface area contributed by atoms with Gasteiger partial charge in [0.25, 0.3) is 0 Å². The van der Waals surface area contributed by atoms with Gasteiger partial charge in [0.15, 0.2) is 0 Å². The van der Waals surface area contributed by atoms with Crippen LogP contribution in [-0.4, -0.2) is 39.4 Å². The van der Waals surface area contributed by atoms with Crippen LogP contribution in [0.5, 0.6) is 0 Å². The number of sulfonamides is 1. The number of aryl methyl sites for hydroxylation is 1. The summed E-state index contributed by atoms with van der Waals surface area (Å²) >= 11 is 0. The van der Waals surface area contributed by atoms with Gasteiger partial charge in [-0.15, -0.1) is 0 Å². The number of methoxy groups -OCH3 is 1. The summed E-state index contributed by atoms with van der Waals surface area (Å²) in [6.07, 6.45) is 0. The van der Waals surface area contributed by atoms with E-state index in [0.717, 1.165) is 17.5 Å². The zero-order valence-electron chi connectivity index (χ0n) is 10.3. The van der Waals surface area contributed by atoms with E-state index in [1.165, 1.54) is 26.1 Å². The molecule has 0 amide bonds. The molecule has 100 valence electrons. The van der Waals surface area contributed by atoms with Crippen LogP contribution in [0.25, 0.3) is 0 Å². The van der Waals surface area contributed by atoms with Gasteiger partial charge in [-0.1, -0.05) is 6.07 Å². The highest BCUT2D eigenvalue weighted by Crippen LogP contribution is 2.17. The molecule has 0 radical (unpaired) electrons. The molecule has 1 aromatic carbocycles. The fourth-order valence-corrected chi connectivity index (χ4v) is 2.37. The number of hydrogen-bond acceptors (Lipinski definition) is 4. The van der Waals surface area contributed by atoms with E-state index in [1.807, 2.05) is 0 Å². The second-order valence-corrected chi connectivity index (χ2v) is 5.79. The Morgan fingerprint density at radius 2 is 2.06 bits per heavy atom. The first kappa shape index (κ1) is 14.6. The van der Waals surface area contributed by atoms with Crippen molar-refractivity contribution in [2.75, 3.05) is 20.7 Å². The molecule has 1 aromatic rings. The Morgan fingerprint density at radius 1 is 1.44 bits per heavy atom. The Labute approximate surface area is 105 Å². The number of halogens is 1. The van der Waals surface area contributed by atoms with Gasteiger partial charge in [-0.2, -0.15) is 4.31 Å². The summed E-state index contributed by atoms with van der Waals surface area (Å²) in [6, 6.07) is 3.59. The average Bonchev–Trinajstić information content (AvgIpc) is 2.32. The molecule has 1 rings (SSSR count). The molecule has 0 aliphatic heterocycles. The summed E-state index contributed by atoms with van der Waals surface area (Å²) in [5.74, 6) is -1.30. The first-order chi connectivity index (χ1) is 8.28. The van der Waals surface area contributed by atoms with Crippen LogP contribution < -0.4 is 0 Å². The number of carbonyl (C=O) groups is 1. The number of benzene rings is 1. The van der Waals surface area contributed by atoms with Crippen molar-refractivity contribution in [1.29, 1.82) is 0 Å². The molecular formula is C11H14FNO4S. The van der Waals surface area contributed by atoms with Crippen LogP contribution in [0.15, 0.2) is 23.1 Å². The zero-order chi connectivity index (χ0) is 13.9. The number of hydrogen-bond donors (Lipinski definition) is 0. The van der Waals surface area contributed by atoms with Crippen LogP contribution >= 0.6 is 0 Å². The molecule has 5 nitrogen and oxygen atoms in total. The highest BCUT2D eigenvalue weighted by Gasteiger charge is 2.23.